The van der Waals surface area contributed by atoms with Crippen molar-refractivity contribution in [2.45, 2.75) is 25.8 Å². The number of benzene rings is 2. The maximum absolute atomic E-state index is 12.2. The van der Waals surface area contributed by atoms with Crippen LogP contribution in [0.5, 0.6) is 5.75 Å². The van der Waals surface area contributed by atoms with Crippen molar-refractivity contribution in [3.05, 3.63) is 59.2 Å². The number of phenolic OH excluding ortho intramolecular Hbond substituents is 1. The van der Waals surface area contributed by atoms with Crippen LogP contribution in [0, 0.1) is 6.92 Å². The minimum Gasteiger partial charge on any atom is -0.507 e. The summed E-state index contributed by atoms with van der Waals surface area (Å²) in [4.78, 5) is 36.4. The van der Waals surface area contributed by atoms with Crippen LogP contribution in [0.2, 0.25) is 0 Å². The monoisotopic (exact) mass is 368 g/mol. The van der Waals surface area contributed by atoms with Gasteiger partial charge in [-0.2, -0.15) is 0 Å². The van der Waals surface area contributed by atoms with Gasteiger partial charge in [-0.15, -0.1) is 0 Å². The Bertz CT molecular complexity index is 890. The molecule has 3 N–H and O–H groups in total. The van der Waals surface area contributed by atoms with Crippen LogP contribution in [0.4, 0.5) is 5.69 Å². The third-order valence-electron chi connectivity index (χ3n) is 4.07. The van der Waals surface area contributed by atoms with Crippen molar-refractivity contribution in [1.29, 1.82) is 0 Å². The quantitative estimate of drug-likeness (QED) is 0.679. The maximum Gasteiger partial charge on any atom is 0.342 e. The first kappa shape index (κ1) is 18.4. The van der Waals surface area contributed by atoms with Gasteiger partial charge in [0.15, 0.2) is 6.61 Å². The first-order valence-electron chi connectivity index (χ1n) is 8.60. The van der Waals surface area contributed by atoms with Crippen molar-refractivity contribution in [3.63, 3.8) is 0 Å². The average Bonchev–Trinajstić information content (AvgIpc) is 3.44. The summed E-state index contributed by atoms with van der Waals surface area (Å²) in [5.41, 5.74) is 1.47. The van der Waals surface area contributed by atoms with Gasteiger partial charge in [0.1, 0.15) is 11.3 Å². The smallest absolute Gasteiger partial charge is 0.342 e. The first-order valence-corrected chi connectivity index (χ1v) is 8.60. The number of hydrogen-bond acceptors (Lipinski definition) is 5. The van der Waals surface area contributed by atoms with Crippen molar-refractivity contribution in [3.8, 4) is 5.75 Å². The lowest BCUT2D eigenvalue weighted by Crippen LogP contribution is -2.28. The molecule has 2 aromatic carbocycles. The first-order chi connectivity index (χ1) is 12.9. The van der Waals surface area contributed by atoms with Crippen LogP contribution in [0.3, 0.4) is 0 Å². The molecule has 1 fully saturated rings. The number of anilines is 1. The summed E-state index contributed by atoms with van der Waals surface area (Å²) >= 11 is 0. The van der Waals surface area contributed by atoms with Crippen molar-refractivity contribution >= 4 is 23.5 Å². The van der Waals surface area contributed by atoms with Gasteiger partial charge in [0, 0.05) is 6.04 Å². The minimum atomic E-state index is -0.803. The Balaban J connectivity index is 1.59. The second-order valence-electron chi connectivity index (χ2n) is 6.44. The molecule has 0 aromatic heterocycles. The Morgan fingerprint density at radius 2 is 1.85 bits per heavy atom. The molecule has 7 nitrogen and oxygen atoms in total. The zero-order valence-corrected chi connectivity index (χ0v) is 14.8. The van der Waals surface area contributed by atoms with Crippen molar-refractivity contribution in [2.75, 3.05) is 11.9 Å². The van der Waals surface area contributed by atoms with Crippen LogP contribution in [0.25, 0.3) is 0 Å². The molecule has 1 saturated carbocycles. The summed E-state index contributed by atoms with van der Waals surface area (Å²) < 4.78 is 4.95. The van der Waals surface area contributed by atoms with Crippen molar-refractivity contribution in [1.82, 2.24) is 5.32 Å². The van der Waals surface area contributed by atoms with Crippen LogP contribution in [-0.4, -0.2) is 35.5 Å². The van der Waals surface area contributed by atoms with Gasteiger partial charge in [-0.3, -0.25) is 9.59 Å². The molecule has 3 rings (SSSR count). The van der Waals surface area contributed by atoms with E-state index in [1.54, 1.807) is 37.3 Å². The second-order valence-corrected chi connectivity index (χ2v) is 6.44. The predicted octanol–water partition coefficient (Wildman–Crippen LogP) is 2.39. The Labute approximate surface area is 156 Å². The van der Waals surface area contributed by atoms with E-state index in [2.05, 4.69) is 10.6 Å². The van der Waals surface area contributed by atoms with E-state index < -0.39 is 18.5 Å². The highest BCUT2D eigenvalue weighted by Crippen LogP contribution is 2.22. The van der Waals surface area contributed by atoms with Crippen LogP contribution in [-0.2, 0) is 9.53 Å². The zero-order chi connectivity index (χ0) is 19.4. The molecule has 27 heavy (non-hydrogen) atoms. The lowest BCUT2D eigenvalue weighted by molar-refractivity contribution is -0.119. The summed E-state index contributed by atoms with van der Waals surface area (Å²) in [6.07, 6.45) is 1.92. The second kappa shape index (κ2) is 7.90. The Morgan fingerprint density at radius 3 is 2.56 bits per heavy atom. The molecule has 1 aliphatic carbocycles. The number of nitrogens with one attached hydrogen (secondary N) is 2. The molecule has 2 aromatic rings. The molecule has 0 radical (unpaired) electrons. The molecular weight excluding hydrogens is 348 g/mol. The van der Waals surface area contributed by atoms with E-state index in [1.165, 1.54) is 12.1 Å². The van der Waals surface area contributed by atoms with Gasteiger partial charge < -0.3 is 20.5 Å². The van der Waals surface area contributed by atoms with Gasteiger partial charge in [0.25, 0.3) is 11.8 Å². The van der Waals surface area contributed by atoms with Crippen molar-refractivity contribution < 1.29 is 24.2 Å². The minimum absolute atomic E-state index is 0.0161. The van der Waals surface area contributed by atoms with E-state index in [-0.39, 0.29) is 23.3 Å². The predicted molar refractivity (Wildman–Crippen MR) is 98.7 cm³/mol. The average molecular weight is 368 g/mol. The molecule has 0 aliphatic heterocycles. The van der Waals surface area contributed by atoms with E-state index in [0.29, 0.717) is 11.3 Å². The molecule has 0 saturated heterocycles. The van der Waals surface area contributed by atoms with Gasteiger partial charge in [0.2, 0.25) is 0 Å². The molecular formula is C20H20N2O5. The standard InChI is InChI=1S/C20H20N2O5/c1-12-6-9-15(17(23)10-12)20(26)27-11-18(24)22-16-5-3-2-4-14(16)19(25)21-13-7-8-13/h2-6,9-10,13,23H,7-8,11H2,1H3,(H,21,25)(H,22,24). The third kappa shape index (κ3) is 4.84. The van der Waals surface area contributed by atoms with Gasteiger partial charge >= 0.3 is 5.97 Å². The molecule has 1 aliphatic rings. The number of esters is 1. The largest absolute Gasteiger partial charge is 0.507 e. The molecule has 7 heteroatoms. The van der Waals surface area contributed by atoms with Crippen LogP contribution in [0.1, 0.15) is 39.1 Å². The Hall–Kier alpha value is -3.35. The number of amides is 2. The summed E-state index contributed by atoms with van der Waals surface area (Å²) in [6, 6.07) is 11.3. The molecule has 0 atom stereocenters. The number of aromatic hydroxyl groups is 1. The molecule has 140 valence electrons. The van der Waals surface area contributed by atoms with Crippen LogP contribution >= 0.6 is 0 Å². The number of hydrogen-bond donors (Lipinski definition) is 3. The fourth-order valence-electron chi connectivity index (χ4n) is 2.49. The summed E-state index contributed by atoms with van der Waals surface area (Å²) in [5, 5.41) is 15.2. The number of carbonyl (C=O) groups excluding carboxylic acids is 3. The summed E-state index contributed by atoms with van der Waals surface area (Å²) in [7, 11) is 0. The number of para-hydroxylation sites is 1. The van der Waals surface area contributed by atoms with Crippen LogP contribution in [0.15, 0.2) is 42.5 Å². The summed E-state index contributed by atoms with van der Waals surface area (Å²) in [5.74, 6) is -1.85. The fourth-order valence-corrected chi connectivity index (χ4v) is 2.49. The Kier molecular flexibility index (Phi) is 5.40. The van der Waals surface area contributed by atoms with E-state index in [1.807, 2.05) is 0 Å². The van der Waals surface area contributed by atoms with E-state index in [4.69, 9.17) is 4.74 Å². The van der Waals surface area contributed by atoms with Crippen molar-refractivity contribution in [2.24, 2.45) is 0 Å². The van der Waals surface area contributed by atoms with Gasteiger partial charge in [-0.1, -0.05) is 18.2 Å². The number of phenols is 1. The zero-order valence-electron chi connectivity index (χ0n) is 14.8. The number of aryl methyl sites for hydroxylation is 1. The number of rotatable bonds is 6. The number of ether oxygens (including phenoxy) is 1. The lowest BCUT2D eigenvalue weighted by atomic mass is 10.1. The highest BCUT2D eigenvalue weighted by Gasteiger charge is 2.25. The van der Waals surface area contributed by atoms with Crippen LogP contribution < -0.4 is 10.6 Å². The normalized spacial score (nSPS) is 12.9. The van der Waals surface area contributed by atoms with E-state index in [0.717, 1.165) is 18.4 Å². The fraction of sp³-hybridized carbons (Fsp3) is 0.250. The Morgan fingerprint density at radius 1 is 1.11 bits per heavy atom. The van der Waals surface area contributed by atoms with Gasteiger partial charge in [0.05, 0.1) is 11.3 Å². The topological polar surface area (TPSA) is 105 Å². The lowest BCUT2D eigenvalue weighted by Gasteiger charge is -2.11. The highest BCUT2D eigenvalue weighted by atomic mass is 16.5. The number of carbonyl (C=O) groups is 3. The SMILES string of the molecule is Cc1ccc(C(=O)OCC(=O)Nc2ccccc2C(=O)NC2CC2)c(O)c1. The van der Waals surface area contributed by atoms with Gasteiger partial charge in [-0.05, 0) is 49.6 Å². The van der Waals surface area contributed by atoms with E-state index in [9.17, 15) is 19.5 Å². The molecule has 0 bridgehead atoms. The third-order valence-corrected chi connectivity index (χ3v) is 4.07. The van der Waals surface area contributed by atoms with E-state index >= 15 is 0 Å². The maximum atomic E-state index is 12.2. The summed E-state index contributed by atoms with van der Waals surface area (Å²) in [6.45, 7) is 1.24. The highest BCUT2D eigenvalue weighted by molar-refractivity contribution is 6.04. The molecule has 0 unspecified atom stereocenters. The molecule has 2 amide bonds. The molecule has 0 spiro atoms. The molecule has 0 heterocycles. The van der Waals surface area contributed by atoms with Gasteiger partial charge in [-0.25, -0.2) is 4.79 Å².